The van der Waals surface area contributed by atoms with Crippen molar-refractivity contribution in [2.45, 2.75) is 40.0 Å². The zero-order chi connectivity index (χ0) is 12.0. The molecule has 1 atom stereocenters. The third kappa shape index (κ3) is 3.34. The van der Waals surface area contributed by atoms with Crippen molar-refractivity contribution in [2.75, 3.05) is 19.6 Å². The Kier molecular flexibility index (Phi) is 5.00. The van der Waals surface area contributed by atoms with E-state index in [4.69, 9.17) is 0 Å². The summed E-state index contributed by atoms with van der Waals surface area (Å²) in [6, 6.07) is 0. The van der Waals surface area contributed by atoms with Gasteiger partial charge in [-0.1, -0.05) is 18.6 Å². The second kappa shape index (κ2) is 6.04. The molecule has 1 unspecified atom stereocenters. The van der Waals surface area contributed by atoms with E-state index in [0.29, 0.717) is 6.54 Å². The maximum atomic E-state index is 12.2. The van der Waals surface area contributed by atoms with Crippen molar-refractivity contribution < 1.29 is 4.79 Å². The third-order valence-corrected chi connectivity index (χ3v) is 3.40. The van der Waals surface area contributed by atoms with Crippen LogP contribution in [0.4, 0.5) is 0 Å². The molecule has 0 radical (unpaired) electrons. The van der Waals surface area contributed by atoms with Gasteiger partial charge in [0.1, 0.15) is 0 Å². The molecule has 2 N–H and O–H groups in total. The third-order valence-electron chi connectivity index (χ3n) is 3.40. The Bertz CT molecular complexity index is 261. The number of carbonyl (C=O) groups excluding carboxylic acids is 1. The SMILES string of the molecule is CCC1(C(=O)NCC=C(C)C)CCCNC1. The summed E-state index contributed by atoms with van der Waals surface area (Å²) in [7, 11) is 0. The van der Waals surface area contributed by atoms with E-state index in [-0.39, 0.29) is 11.3 Å². The minimum Gasteiger partial charge on any atom is -0.352 e. The summed E-state index contributed by atoms with van der Waals surface area (Å²) in [6.07, 6.45) is 5.08. The minimum absolute atomic E-state index is 0.173. The molecular formula is C13H24N2O. The molecule has 3 nitrogen and oxygen atoms in total. The van der Waals surface area contributed by atoms with Crippen molar-refractivity contribution in [3.63, 3.8) is 0 Å². The molecule has 1 aliphatic rings. The topological polar surface area (TPSA) is 41.1 Å². The Morgan fingerprint density at radius 2 is 2.25 bits per heavy atom. The number of nitrogens with one attached hydrogen (secondary N) is 2. The molecule has 0 aromatic carbocycles. The highest BCUT2D eigenvalue weighted by molar-refractivity contribution is 5.83. The molecule has 0 aliphatic carbocycles. The van der Waals surface area contributed by atoms with Gasteiger partial charge in [0, 0.05) is 13.1 Å². The van der Waals surface area contributed by atoms with Crippen molar-refractivity contribution in [1.29, 1.82) is 0 Å². The van der Waals surface area contributed by atoms with Crippen LogP contribution in [0.3, 0.4) is 0 Å². The molecule has 1 fully saturated rings. The van der Waals surface area contributed by atoms with Crippen LogP contribution in [0.1, 0.15) is 40.0 Å². The molecule has 0 spiro atoms. The lowest BCUT2D eigenvalue weighted by Crippen LogP contribution is -2.50. The Hall–Kier alpha value is -0.830. The van der Waals surface area contributed by atoms with E-state index in [2.05, 4.69) is 23.6 Å². The van der Waals surface area contributed by atoms with E-state index >= 15 is 0 Å². The first-order valence-electron chi connectivity index (χ1n) is 6.23. The molecule has 1 aliphatic heterocycles. The Morgan fingerprint density at radius 1 is 1.50 bits per heavy atom. The number of rotatable bonds is 4. The van der Waals surface area contributed by atoms with E-state index in [0.717, 1.165) is 32.4 Å². The molecule has 3 heteroatoms. The van der Waals surface area contributed by atoms with E-state index in [1.54, 1.807) is 0 Å². The van der Waals surface area contributed by atoms with Gasteiger partial charge in [-0.25, -0.2) is 0 Å². The fraction of sp³-hybridized carbons (Fsp3) is 0.769. The zero-order valence-electron chi connectivity index (χ0n) is 10.7. The summed E-state index contributed by atoms with van der Waals surface area (Å²) in [4.78, 5) is 12.2. The Balaban J connectivity index is 2.52. The molecule has 1 heterocycles. The molecule has 0 bridgehead atoms. The predicted molar refractivity (Wildman–Crippen MR) is 67.3 cm³/mol. The highest BCUT2D eigenvalue weighted by Crippen LogP contribution is 2.30. The molecule has 16 heavy (non-hydrogen) atoms. The molecule has 0 saturated carbocycles. The van der Waals surface area contributed by atoms with Gasteiger partial charge in [0.15, 0.2) is 0 Å². The summed E-state index contributed by atoms with van der Waals surface area (Å²) < 4.78 is 0. The van der Waals surface area contributed by atoms with Gasteiger partial charge in [0.05, 0.1) is 5.41 Å². The van der Waals surface area contributed by atoms with Crippen molar-refractivity contribution in [3.05, 3.63) is 11.6 Å². The molecule has 0 aromatic rings. The number of hydrogen-bond acceptors (Lipinski definition) is 2. The lowest BCUT2D eigenvalue weighted by molar-refractivity contribution is -0.132. The van der Waals surface area contributed by atoms with Crippen LogP contribution in [-0.2, 0) is 4.79 Å². The first-order valence-corrected chi connectivity index (χ1v) is 6.23. The minimum atomic E-state index is -0.173. The van der Waals surface area contributed by atoms with Crippen molar-refractivity contribution in [3.8, 4) is 0 Å². The van der Waals surface area contributed by atoms with Crippen LogP contribution in [0, 0.1) is 5.41 Å². The first-order chi connectivity index (χ1) is 7.60. The summed E-state index contributed by atoms with van der Waals surface area (Å²) >= 11 is 0. The van der Waals surface area contributed by atoms with Gasteiger partial charge >= 0.3 is 0 Å². The van der Waals surface area contributed by atoms with Crippen LogP contribution >= 0.6 is 0 Å². The number of carbonyl (C=O) groups is 1. The van der Waals surface area contributed by atoms with Gasteiger partial charge in [-0.3, -0.25) is 4.79 Å². The fourth-order valence-electron chi connectivity index (χ4n) is 2.16. The standard InChI is InChI=1S/C13H24N2O/c1-4-13(7-5-8-14-10-13)12(16)15-9-6-11(2)3/h6,14H,4-5,7-10H2,1-3H3,(H,15,16). The molecule has 92 valence electrons. The average molecular weight is 224 g/mol. The lowest BCUT2D eigenvalue weighted by atomic mass is 9.77. The van der Waals surface area contributed by atoms with E-state index in [1.807, 2.05) is 13.8 Å². The van der Waals surface area contributed by atoms with E-state index in [1.165, 1.54) is 5.57 Å². The second-order valence-corrected chi connectivity index (χ2v) is 4.91. The Morgan fingerprint density at radius 3 is 2.75 bits per heavy atom. The van der Waals surface area contributed by atoms with Crippen LogP contribution < -0.4 is 10.6 Å². The summed E-state index contributed by atoms with van der Waals surface area (Å²) in [5.74, 6) is 0.208. The van der Waals surface area contributed by atoms with Crippen LogP contribution in [0.15, 0.2) is 11.6 Å². The van der Waals surface area contributed by atoms with Gasteiger partial charge in [0.2, 0.25) is 5.91 Å². The van der Waals surface area contributed by atoms with Crippen molar-refractivity contribution in [2.24, 2.45) is 5.41 Å². The van der Waals surface area contributed by atoms with Crippen LogP contribution in [0.25, 0.3) is 0 Å². The maximum Gasteiger partial charge on any atom is 0.227 e. The molecule has 0 aromatic heterocycles. The van der Waals surface area contributed by atoms with E-state index in [9.17, 15) is 4.79 Å². The van der Waals surface area contributed by atoms with Crippen molar-refractivity contribution >= 4 is 5.91 Å². The monoisotopic (exact) mass is 224 g/mol. The Labute approximate surface area is 98.7 Å². The zero-order valence-corrected chi connectivity index (χ0v) is 10.7. The normalized spacial score (nSPS) is 24.9. The number of piperidine rings is 1. The number of hydrogen-bond donors (Lipinski definition) is 2. The van der Waals surface area contributed by atoms with Gasteiger partial charge in [-0.05, 0) is 39.7 Å². The van der Waals surface area contributed by atoms with Gasteiger partial charge in [-0.2, -0.15) is 0 Å². The smallest absolute Gasteiger partial charge is 0.227 e. The first kappa shape index (κ1) is 13.2. The second-order valence-electron chi connectivity index (χ2n) is 4.91. The fourth-order valence-corrected chi connectivity index (χ4v) is 2.16. The average Bonchev–Trinajstić information content (AvgIpc) is 2.29. The highest BCUT2D eigenvalue weighted by atomic mass is 16.2. The molecule has 1 saturated heterocycles. The number of amides is 1. The van der Waals surface area contributed by atoms with Crippen LogP contribution in [0.5, 0.6) is 0 Å². The van der Waals surface area contributed by atoms with Crippen LogP contribution in [-0.4, -0.2) is 25.5 Å². The quantitative estimate of drug-likeness (QED) is 0.716. The van der Waals surface area contributed by atoms with Gasteiger partial charge in [0.25, 0.3) is 0 Å². The summed E-state index contributed by atoms with van der Waals surface area (Å²) in [5.41, 5.74) is 1.07. The molecule has 1 rings (SSSR count). The van der Waals surface area contributed by atoms with E-state index < -0.39 is 0 Å². The van der Waals surface area contributed by atoms with Crippen LogP contribution in [0.2, 0.25) is 0 Å². The maximum absolute atomic E-state index is 12.2. The molecular weight excluding hydrogens is 200 g/mol. The predicted octanol–water partition coefficient (Wildman–Crippen LogP) is 1.85. The van der Waals surface area contributed by atoms with Crippen molar-refractivity contribution in [1.82, 2.24) is 10.6 Å². The van der Waals surface area contributed by atoms with Gasteiger partial charge < -0.3 is 10.6 Å². The van der Waals surface area contributed by atoms with Gasteiger partial charge in [-0.15, -0.1) is 0 Å². The largest absolute Gasteiger partial charge is 0.352 e. The highest BCUT2D eigenvalue weighted by Gasteiger charge is 2.37. The number of allylic oxidation sites excluding steroid dienone is 1. The molecule has 1 amide bonds. The lowest BCUT2D eigenvalue weighted by Gasteiger charge is -2.35. The summed E-state index contributed by atoms with van der Waals surface area (Å²) in [6.45, 7) is 8.72. The summed E-state index contributed by atoms with van der Waals surface area (Å²) in [5, 5.41) is 6.35.